The van der Waals surface area contributed by atoms with Crippen LogP contribution < -0.4 is 10.0 Å². The minimum atomic E-state index is -0.750. The summed E-state index contributed by atoms with van der Waals surface area (Å²) in [6, 6.07) is 6.89. The molecule has 0 radical (unpaired) electrons. The van der Waals surface area contributed by atoms with Gasteiger partial charge in [0, 0.05) is 12.1 Å². The third-order valence-electron chi connectivity index (χ3n) is 2.77. The van der Waals surface area contributed by atoms with Gasteiger partial charge in [-0.25, -0.2) is 9.18 Å². The number of hydrogen-bond donors (Lipinski definition) is 1. The summed E-state index contributed by atoms with van der Waals surface area (Å²) >= 11 is 0. The molecule has 0 spiro atoms. The van der Waals surface area contributed by atoms with Crippen LogP contribution in [0.2, 0.25) is 0 Å². The normalized spacial score (nSPS) is 10.1. The number of amides is 1. The molecule has 1 N–H and O–H groups in total. The van der Waals surface area contributed by atoms with Gasteiger partial charge in [-0.2, -0.15) is 4.73 Å². The molecule has 114 valence electrons. The number of aryl methyl sites for hydroxylation is 1. The SMILES string of the molecule is Cc1ccc(NC(=O)COC(=O)c2cc[n+]([O-])cc2)c(F)c1. The van der Waals surface area contributed by atoms with Gasteiger partial charge in [-0.05, 0) is 24.6 Å². The van der Waals surface area contributed by atoms with Crippen molar-refractivity contribution in [2.45, 2.75) is 6.92 Å². The lowest BCUT2D eigenvalue weighted by Crippen LogP contribution is -2.25. The minimum absolute atomic E-state index is 0.0127. The molecule has 0 saturated carbocycles. The van der Waals surface area contributed by atoms with E-state index in [0.717, 1.165) is 18.0 Å². The van der Waals surface area contributed by atoms with Crippen molar-refractivity contribution < 1.29 is 23.4 Å². The first kappa shape index (κ1) is 15.4. The lowest BCUT2D eigenvalue weighted by Gasteiger charge is -2.08. The predicted molar refractivity (Wildman–Crippen MR) is 75.5 cm³/mol. The van der Waals surface area contributed by atoms with Crippen molar-refractivity contribution in [3.05, 3.63) is 64.9 Å². The number of pyridine rings is 1. The number of halogens is 1. The summed E-state index contributed by atoms with van der Waals surface area (Å²) in [5, 5.41) is 13.1. The molecule has 7 heteroatoms. The smallest absolute Gasteiger partial charge is 0.339 e. The second-order valence-corrected chi connectivity index (χ2v) is 4.55. The van der Waals surface area contributed by atoms with Gasteiger partial charge in [0.25, 0.3) is 5.91 Å². The number of hydrogen-bond acceptors (Lipinski definition) is 4. The lowest BCUT2D eigenvalue weighted by atomic mass is 10.2. The van der Waals surface area contributed by atoms with Crippen molar-refractivity contribution in [1.29, 1.82) is 0 Å². The van der Waals surface area contributed by atoms with Gasteiger partial charge in [-0.1, -0.05) is 6.07 Å². The Kier molecular flexibility index (Phi) is 4.67. The lowest BCUT2D eigenvalue weighted by molar-refractivity contribution is -0.605. The highest BCUT2D eigenvalue weighted by Crippen LogP contribution is 2.15. The van der Waals surface area contributed by atoms with E-state index in [1.165, 1.54) is 24.3 Å². The summed E-state index contributed by atoms with van der Waals surface area (Å²) in [6.45, 7) is 1.17. The number of nitrogens with one attached hydrogen (secondary N) is 1. The quantitative estimate of drug-likeness (QED) is 0.528. The van der Waals surface area contributed by atoms with E-state index in [1.807, 2.05) is 0 Å². The monoisotopic (exact) mass is 304 g/mol. The number of benzene rings is 1. The molecule has 1 aromatic carbocycles. The summed E-state index contributed by atoms with van der Waals surface area (Å²) in [4.78, 5) is 23.3. The van der Waals surface area contributed by atoms with Gasteiger partial charge >= 0.3 is 5.97 Å². The Morgan fingerprint density at radius 2 is 1.95 bits per heavy atom. The predicted octanol–water partition coefficient (Wildman–Crippen LogP) is 1.56. The fraction of sp³-hybridized carbons (Fsp3) is 0.133. The van der Waals surface area contributed by atoms with Crippen LogP contribution in [0.5, 0.6) is 0 Å². The number of anilines is 1. The highest BCUT2D eigenvalue weighted by Gasteiger charge is 2.12. The van der Waals surface area contributed by atoms with E-state index in [4.69, 9.17) is 4.74 Å². The van der Waals surface area contributed by atoms with E-state index in [1.54, 1.807) is 13.0 Å². The van der Waals surface area contributed by atoms with Crippen molar-refractivity contribution in [2.75, 3.05) is 11.9 Å². The zero-order valence-corrected chi connectivity index (χ0v) is 11.7. The van der Waals surface area contributed by atoms with E-state index < -0.39 is 24.3 Å². The second kappa shape index (κ2) is 6.66. The van der Waals surface area contributed by atoms with Crippen LogP contribution in [0, 0.1) is 17.9 Å². The zero-order valence-electron chi connectivity index (χ0n) is 11.7. The number of ether oxygens (including phenoxy) is 1. The Bertz CT molecular complexity index is 701. The Balaban J connectivity index is 1.89. The zero-order chi connectivity index (χ0) is 16.1. The van der Waals surface area contributed by atoms with Crippen molar-refractivity contribution in [2.24, 2.45) is 0 Å². The minimum Gasteiger partial charge on any atom is -0.619 e. The van der Waals surface area contributed by atoms with Crippen LogP contribution in [-0.4, -0.2) is 18.5 Å². The Hall–Kier alpha value is -2.96. The van der Waals surface area contributed by atoms with E-state index in [9.17, 15) is 19.2 Å². The average Bonchev–Trinajstić information content (AvgIpc) is 2.48. The molecular weight excluding hydrogens is 291 g/mol. The van der Waals surface area contributed by atoms with Crippen molar-refractivity contribution in [3.8, 4) is 0 Å². The molecule has 1 aromatic heterocycles. The van der Waals surface area contributed by atoms with E-state index >= 15 is 0 Å². The van der Waals surface area contributed by atoms with Crippen molar-refractivity contribution in [3.63, 3.8) is 0 Å². The van der Waals surface area contributed by atoms with Crippen LogP contribution in [0.3, 0.4) is 0 Å². The molecule has 0 fully saturated rings. The number of carbonyl (C=O) groups is 2. The van der Waals surface area contributed by atoms with Crippen LogP contribution >= 0.6 is 0 Å². The molecule has 22 heavy (non-hydrogen) atoms. The third-order valence-corrected chi connectivity index (χ3v) is 2.77. The summed E-state index contributed by atoms with van der Waals surface area (Å²) in [6.07, 6.45) is 2.27. The van der Waals surface area contributed by atoms with Crippen molar-refractivity contribution in [1.82, 2.24) is 0 Å². The van der Waals surface area contributed by atoms with Gasteiger partial charge in [0.1, 0.15) is 5.82 Å². The Labute approximate surface area is 125 Å². The Morgan fingerprint density at radius 3 is 2.59 bits per heavy atom. The molecule has 2 rings (SSSR count). The topological polar surface area (TPSA) is 82.3 Å². The van der Waals surface area contributed by atoms with Crippen molar-refractivity contribution >= 4 is 17.6 Å². The van der Waals surface area contributed by atoms with E-state index in [-0.39, 0.29) is 11.3 Å². The maximum Gasteiger partial charge on any atom is 0.339 e. The molecule has 0 aliphatic heterocycles. The summed E-state index contributed by atoms with van der Waals surface area (Å²) in [5.41, 5.74) is 0.877. The van der Waals surface area contributed by atoms with Gasteiger partial charge < -0.3 is 15.3 Å². The molecule has 0 aliphatic carbocycles. The van der Waals surface area contributed by atoms with Crippen LogP contribution in [-0.2, 0) is 9.53 Å². The standard InChI is InChI=1S/C15H13FN2O4/c1-10-2-3-13(12(16)8-10)17-14(19)9-22-15(20)11-4-6-18(21)7-5-11/h2-8H,9H2,1H3,(H,17,19). The first-order valence-electron chi connectivity index (χ1n) is 6.37. The maximum atomic E-state index is 13.6. The number of carbonyl (C=O) groups excluding carboxylic acids is 2. The highest BCUT2D eigenvalue weighted by atomic mass is 19.1. The highest BCUT2D eigenvalue weighted by molar-refractivity contribution is 5.95. The van der Waals surface area contributed by atoms with Crippen LogP contribution in [0.25, 0.3) is 0 Å². The number of esters is 1. The summed E-state index contributed by atoms with van der Waals surface area (Å²) in [5.74, 6) is -1.98. The molecule has 0 saturated heterocycles. The largest absolute Gasteiger partial charge is 0.619 e. The maximum absolute atomic E-state index is 13.6. The molecule has 0 unspecified atom stereocenters. The van der Waals surface area contributed by atoms with Gasteiger partial charge in [-0.15, -0.1) is 0 Å². The number of nitrogens with zero attached hydrogens (tertiary/aromatic N) is 1. The molecule has 0 bridgehead atoms. The van der Waals surface area contributed by atoms with Crippen LogP contribution in [0.15, 0.2) is 42.7 Å². The summed E-state index contributed by atoms with van der Waals surface area (Å²) in [7, 11) is 0. The molecular formula is C15H13FN2O4. The van der Waals surface area contributed by atoms with Gasteiger partial charge in [-0.3, -0.25) is 4.79 Å². The average molecular weight is 304 g/mol. The first-order chi connectivity index (χ1) is 10.5. The number of rotatable bonds is 4. The molecule has 0 aliphatic rings. The first-order valence-corrected chi connectivity index (χ1v) is 6.37. The molecule has 2 aromatic rings. The third kappa shape index (κ3) is 4.02. The van der Waals surface area contributed by atoms with Gasteiger partial charge in [0.2, 0.25) is 0 Å². The van der Waals surface area contributed by atoms with Gasteiger partial charge in [0.05, 0.1) is 11.3 Å². The van der Waals surface area contributed by atoms with Crippen LogP contribution in [0.4, 0.5) is 10.1 Å². The second-order valence-electron chi connectivity index (χ2n) is 4.55. The fourth-order valence-electron chi connectivity index (χ4n) is 1.67. The fourth-order valence-corrected chi connectivity index (χ4v) is 1.67. The van der Waals surface area contributed by atoms with Crippen LogP contribution in [0.1, 0.15) is 15.9 Å². The Morgan fingerprint density at radius 1 is 1.27 bits per heavy atom. The summed E-state index contributed by atoms with van der Waals surface area (Å²) < 4.78 is 18.9. The van der Waals surface area contributed by atoms with E-state index in [2.05, 4.69) is 5.32 Å². The molecule has 1 heterocycles. The molecule has 1 amide bonds. The van der Waals surface area contributed by atoms with E-state index in [0.29, 0.717) is 4.73 Å². The molecule has 0 atom stereocenters. The number of aromatic nitrogens is 1. The van der Waals surface area contributed by atoms with Gasteiger partial charge in [0.15, 0.2) is 19.0 Å². The molecule has 6 nitrogen and oxygen atoms in total.